The van der Waals surface area contributed by atoms with Gasteiger partial charge in [0.05, 0.1) is 35.0 Å². The summed E-state index contributed by atoms with van der Waals surface area (Å²) in [6.07, 6.45) is 3.74. The topological polar surface area (TPSA) is 110 Å². The van der Waals surface area contributed by atoms with E-state index < -0.39 is 0 Å². The summed E-state index contributed by atoms with van der Waals surface area (Å²) in [5.74, 6) is 1.15. The van der Waals surface area contributed by atoms with E-state index in [4.69, 9.17) is 25.8 Å². The third-order valence-corrected chi connectivity index (χ3v) is 5.60. The minimum atomic E-state index is -0.117. The molecule has 0 aliphatic carbocycles. The first-order valence-electron chi connectivity index (χ1n) is 10.6. The van der Waals surface area contributed by atoms with Crippen LogP contribution in [0.5, 0.6) is 23.1 Å². The first-order valence-corrected chi connectivity index (χ1v) is 10.9. The van der Waals surface area contributed by atoms with Gasteiger partial charge in [0.15, 0.2) is 11.5 Å². The largest absolute Gasteiger partial charge is 0.504 e. The number of phenolic OH excluding ortho intramolecular Hbond substituents is 1. The Morgan fingerprint density at radius 1 is 1.15 bits per heavy atom. The van der Waals surface area contributed by atoms with Gasteiger partial charge in [-0.3, -0.25) is 4.98 Å². The van der Waals surface area contributed by atoms with Gasteiger partial charge < -0.3 is 24.6 Å². The standard InChI is InChI=1S/C25H19ClN4O4/c26-19-9-16(4-5-22(19)34-24-3-1-2-7-28-24)30-25-15(12-27)13-29-20-11-23(21(31)10-18(20)25)33-17-6-8-32-14-17/h1-5,7,9-11,13,17,31H,6,8,14H2,(H,29,30). The van der Waals surface area contributed by atoms with Crippen molar-refractivity contribution in [2.24, 2.45) is 0 Å². The monoisotopic (exact) mass is 474 g/mol. The zero-order chi connectivity index (χ0) is 23.5. The fourth-order valence-corrected chi connectivity index (χ4v) is 3.85. The van der Waals surface area contributed by atoms with Gasteiger partial charge in [0, 0.05) is 42.0 Å². The van der Waals surface area contributed by atoms with Gasteiger partial charge in [-0.15, -0.1) is 0 Å². The molecule has 1 saturated heterocycles. The number of nitriles is 1. The number of nitrogens with zero attached hydrogens (tertiary/aromatic N) is 3. The quantitative estimate of drug-likeness (QED) is 0.373. The highest BCUT2D eigenvalue weighted by Gasteiger charge is 2.20. The molecular formula is C25H19ClN4O4. The number of pyridine rings is 2. The maximum Gasteiger partial charge on any atom is 0.219 e. The van der Waals surface area contributed by atoms with Gasteiger partial charge in [-0.05, 0) is 30.3 Å². The van der Waals surface area contributed by atoms with Crippen LogP contribution in [0.15, 0.2) is 60.9 Å². The van der Waals surface area contributed by atoms with E-state index in [-0.39, 0.29) is 11.9 Å². The zero-order valence-corrected chi connectivity index (χ0v) is 18.6. The van der Waals surface area contributed by atoms with Crippen molar-refractivity contribution in [3.05, 3.63) is 71.5 Å². The Hall–Kier alpha value is -4.06. The van der Waals surface area contributed by atoms with Crippen molar-refractivity contribution < 1.29 is 19.3 Å². The van der Waals surface area contributed by atoms with E-state index in [1.807, 2.05) is 6.07 Å². The van der Waals surface area contributed by atoms with Crippen LogP contribution in [-0.2, 0) is 4.74 Å². The molecule has 2 aromatic carbocycles. The summed E-state index contributed by atoms with van der Waals surface area (Å²) in [5, 5.41) is 24.4. The maximum atomic E-state index is 10.6. The first-order chi connectivity index (χ1) is 16.6. The molecule has 1 aliphatic heterocycles. The second kappa shape index (κ2) is 9.43. The van der Waals surface area contributed by atoms with E-state index in [0.29, 0.717) is 63.5 Å². The molecule has 170 valence electrons. The molecule has 1 aliphatic rings. The van der Waals surface area contributed by atoms with Gasteiger partial charge in [0.2, 0.25) is 5.88 Å². The molecule has 8 nitrogen and oxygen atoms in total. The number of anilines is 2. The number of aromatic nitrogens is 2. The number of benzene rings is 2. The summed E-state index contributed by atoms with van der Waals surface area (Å²) in [5.41, 5.74) is 2.00. The van der Waals surface area contributed by atoms with E-state index in [2.05, 4.69) is 21.4 Å². The third-order valence-electron chi connectivity index (χ3n) is 5.30. The number of hydrogen-bond acceptors (Lipinski definition) is 8. The van der Waals surface area contributed by atoms with Crippen molar-refractivity contribution in [1.29, 1.82) is 5.26 Å². The van der Waals surface area contributed by atoms with Gasteiger partial charge in [0.25, 0.3) is 0 Å². The van der Waals surface area contributed by atoms with Crippen LogP contribution in [0.1, 0.15) is 12.0 Å². The van der Waals surface area contributed by atoms with Gasteiger partial charge in [-0.2, -0.15) is 5.26 Å². The summed E-state index contributed by atoms with van der Waals surface area (Å²) in [4.78, 5) is 8.50. The Morgan fingerprint density at radius 2 is 2.06 bits per heavy atom. The van der Waals surface area contributed by atoms with E-state index in [1.165, 1.54) is 12.3 Å². The predicted molar refractivity (Wildman–Crippen MR) is 127 cm³/mol. The lowest BCUT2D eigenvalue weighted by molar-refractivity contribution is 0.139. The molecule has 1 atom stereocenters. The van der Waals surface area contributed by atoms with Gasteiger partial charge in [0.1, 0.15) is 17.9 Å². The summed E-state index contributed by atoms with van der Waals surface area (Å²) < 4.78 is 16.9. The maximum absolute atomic E-state index is 10.6. The summed E-state index contributed by atoms with van der Waals surface area (Å²) in [6.45, 7) is 1.11. The van der Waals surface area contributed by atoms with Crippen LogP contribution in [0.25, 0.3) is 10.9 Å². The van der Waals surface area contributed by atoms with Crippen LogP contribution in [-0.4, -0.2) is 34.4 Å². The van der Waals surface area contributed by atoms with E-state index in [9.17, 15) is 10.4 Å². The molecular weight excluding hydrogens is 456 g/mol. The number of rotatable bonds is 6. The first kappa shape index (κ1) is 21.8. The SMILES string of the molecule is N#Cc1cnc2cc(OC3CCOC3)c(O)cc2c1Nc1ccc(Oc2ccccn2)c(Cl)c1. The Labute approximate surface area is 200 Å². The summed E-state index contributed by atoms with van der Waals surface area (Å²) >= 11 is 6.43. The Bertz CT molecular complexity index is 1390. The molecule has 0 spiro atoms. The predicted octanol–water partition coefficient (Wildman–Crippen LogP) is 5.56. The van der Waals surface area contributed by atoms with Gasteiger partial charge in [-0.1, -0.05) is 17.7 Å². The highest BCUT2D eigenvalue weighted by molar-refractivity contribution is 6.32. The third kappa shape index (κ3) is 4.53. The Morgan fingerprint density at radius 3 is 2.79 bits per heavy atom. The second-order valence-electron chi connectivity index (χ2n) is 7.64. The molecule has 34 heavy (non-hydrogen) atoms. The number of hydrogen-bond donors (Lipinski definition) is 2. The van der Waals surface area contributed by atoms with Crippen molar-refractivity contribution in [3.8, 4) is 29.2 Å². The fraction of sp³-hybridized carbons (Fsp3) is 0.160. The zero-order valence-electron chi connectivity index (χ0n) is 17.9. The summed E-state index contributed by atoms with van der Waals surface area (Å²) in [6, 6.07) is 15.8. The highest BCUT2D eigenvalue weighted by atomic mass is 35.5. The van der Waals surface area contributed by atoms with E-state index >= 15 is 0 Å². The average Bonchev–Trinajstić information content (AvgIpc) is 3.36. The number of halogens is 1. The molecule has 0 bridgehead atoms. The minimum Gasteiger partial charge on any atom is -0.504 e. The fourth-order valence-electron chi connectivity index (χ4n) is 3.63. The molecule has 4 aromatic rings. The number of fused-ring (bicyclic) bond motifs is 1. The molecule has 0 amide bonds. The number of nitrogens with one attached hydrogen (secondary N) is 1. The number of phenols is 1. The lowest BCUT2D eigenvalue weighted by Crippen LogP contribution is -2.15. The molecule has 1 fully saturated rings. The van der Waals surface area contributed by atoms with Gasteiger partial charge in [-0.25, -0.2) is 4.98 Å². The highest BCUT2D eigenvalue weighted by Crippen LogP contribution is 2.38. The smallest absolute Gasteiger partial charge is 0.219 e. The molecule has 2 N–H and O–H groups in total. The van der Waals surface area contributed by atoms with E-state index in [1.54, 1.807) is 42.6 Å². The lowest BCUT2D eigenvalue weighted by Gasteiger charge is -2.16. The van der Waals surface area contributed by atoms with Crippen molar-refractivity contribution in [2.75, 3.05) is 18.5 Å². The molecule has 2 aromatic heterocycles. The second-order valence-corrected chi connectivity index (χ2v) is 8.05. The molecule has 0 radical (unpaired) electrons. The van der Waals surface area contributed by atoms with Gasteiger partial charge >= 0.3 is 0 Å². The summed E-state index contributed by atoms with van der Waals surface area (Å²) in [7, 11) is 0. The van der Waals surface area contributed by atoms with Crippen LogP contribution in [0.3, 0.4) is 0 Å². The molecule has 0 saturated carbocycles. The lowest BCUT2D eigenvalue weighted by atomic mass is 10.1. The van der Waals surface area contributed by atoms with Crippen molar-refractivity contribution in [3.63, 3.8) is 0 Å². The van der Waals surface area contributed by atoms with Crippen LogP contribution in [0, 0.1) is 11.3 Å². The molecule has 5 rings (SSSR count). The van der Waals surface area contributed by atoms with Crippen LogP contribution < -0.4 is 14.8 Å². The Kier molecular flexibility index (Phi) is 6.04. The molecule has 3 heterocycles. The number of aromatic hydroxyl groups is 1. The number of ether oxygens (including phenoxy) is 3. The van der Waals surface area contributed by atoms with E-state index in [0.717, 1.165) is 6.42 Å². The normalized spacial score (nSPS) is 15.1. The average molecular weight is 475 g/mol. The molecule has 1 unspecified atom stereocenters. The van der Waals surface area contributed by atoms with Crippen LogP contribution in [0.2, 0.25) is 5.02 Å². The van der Waals surface area contributed by atoms with Crippen molar-refractivity contribution in [1.82, 2.24) is 9.97 Å². The van der Waals surface area contributed by atoms with Crippen LogP contribution in [0.4, 0.5) is 11.4 Å². The Balaban J connectivity index is 1.46. The van der Waals surface area contributed by atoms with Crippen molar-refractivity contribution in [2.45, 2.75) is 12.5 Å². The van der Waals surface area contributed by atoms with Crippen LogP contribution >= 0.6 is 11.6 Å². The molecule has 9 heteroatoms. The van der Waals surface area contributed by atoms with Crippen molar-refractivity contribution >= 4 is 33.9 Å². The minimum absolute atomic E-state index is 0.0449.